The van der Waals surface area contributed by atoms with Gasteiger partial charge in [-0.15, -0.1) is 13.2 Å². The summed E-state index contributed by atoms with van der Waals surface area (Å²) in [6, 6.07) is 17.2. The van der Waals surface area contributed by atoms with Crippen molar-refractivity contribution in [3.63, 3.8) is 0 Å². The van der Waals surface area contributed by atoms with Crippen LogP contribution in [0.5, 0.6) is 0 Å². The molecule has 6 nitrogen and oxygen atoms in total. The molecule has 32 heavy (non-hydrogen) atoms. The number of nitrogens with zero attached hydrogens (tertiary/aromatic N) is 2. The summed E-state index contributed by atoms with van der Waals surface area (Å²) in [7, 11) is 0. The van der Waals surface area contributed by atoms with E-state index in [1.54, 1.807) is 0 Å². The quantitative estimate of drug-likeness (QED) is 0.492. The Morgan fingerprint density at radius 3 is 1.34 bits per heavy atom. The molecule has 0 bridgehead atoms. The molecule has 1 saturated heterocycles. The zero-order valence-corrected chi connectivity index (χ0v) is 18.1. The number of amides is 2. The third-order valence-electron chi connectivity index (χ3n) is 5.87. The number of carbonyl (C=O) groups is 2. The van der Waals surface area contributed by atoms with Crippen LogP contribution in [0.25, 0.3) is 0 Å². The summed E-state index contributed by atoms with van der Waals surface area (Å²) in [6.45, 7) is 7.56. The van der Waals surface area contributed by atoms with Crippen molar-refractivity contribution in [3.8, 4) is 0 Å². The minimum atomic E-state index is -1.27. The van der Waals surface area contributed by atoms with Crippen LogP contribution < -0.4 is 0 Å². The molecule has 2 N–H and O–H groups in total. The molecule has 0 aromatic heterocycles. The smallest absolute Gasteiger partial charge is 0.312 e. The van der Waals surface area contributed by atoms with E-state index in [4.69, 9.17) is 0 Å². The van der Waals surface area contributed by atoms with Gasteiger partial charge in [0.25, 0.3) is 0 Å². The van der Waals surface area contributed by atoms with Crippen molar-refractivity contribution < 1.29 is 19.8 Å². The maximum atomic E-state index is 13.3. The lowest BCUT2D eigenvalue weighted by atomic mass is 9.88. The highest BCUT2D eigenvalue weighted by Gasteiger charge is 2.45. The second kappa shape index (κ2) is 10.9. The molecule has 0 aliphatic carbocycles. The van der Waals surface area contributed by atoms with Crippen molar-refractivity contribution in [2.24, 2.45) is 0 Å². The standard InChI is InChI=1S/C26H30N2O4/c1-3-15-27-21(17-19-11-7-5-8-12-19)23(29)24(30)22(18-20-13-9-6-10-14-20)28(16-4-2)26(32)25(27)31/h3-14,21-24,29-30H,1-2,15-18H2. The summed E-state index contributed by atoms with van der Waals surface area (Å²) < 4.78 is 0. The maximum absolute atomic E-state index is 13.3. The van der Waals surface area contributed by atoms with E-state index in [0.717, 1.165) is 11.1 Å². The number of aliphatic hydroxyl groups is 2. The third kappa shape index (κ3) is 5.15. The molecule has 4 atom stereocenters. The highest BCUT2D eigenvalue weighted by Crippen LogP contribution is 2.25. The molecular weight excluding hydrogens is 404 g/mol. The van der Waals surface area contributed by atoms with E-state index in [1.165, 1.54) is 22.0 Å². The molecule has 0 saturated carbocycles. The van der Waals surface area contributed by atoms with Gasteiger partial charge in [-0.3, -0.25) is 9.59 Å². The number of hydrogen-bond donors (Lipinski definition) is 2. The number of carbonyl (C=O) groups excluding carboxylic acids is 2. The Hall–Kier alpha value is -3.22. The highest BCUT2D eigenvalue weighted by molar-refractivity contribution is 6.35. The molecule has 3 rings (SSSR count). The second-order valence-corrected chi connectivity index (χ2v) is 7.99. The van der Waals surface area contributed by atoms with Crippen molar-refractivity contribution in [1.82, 2.24) is 9.80 Å². The minimum absolute atomic E-state index is 0.0805. The Morgan fingerprint density at radius 1 is 0.688 bits per heavy atom. The molecule has 1 heterocycles. The van der Waals surface area contributed by atoms with Crippen LogP contribution in [-0.2, 0) is 22.4 Å². The van der Waals surface area contributed by atoms with Crippen molar-refractivity contribution in [3.05, 3.63) is 97.1 Å². The molecule has 1 aliphatic rings. The Labute approximate surface area is 189 Å². The third-order valence-corrected chi connectivity index (χ3v) is 5.87. The molecule has 2 aromatic rings. The summed E-state index contributed by atoms with van der Waals surface area (Å²) in [4.78, 5) is 29.2. The molecule has 168 valence electrons. The predicted molar refractivity (Wildman–Crippen MR) is 124 cm³/mol. The van der Waals surface area contributed by atoms with E-state index in [2.05, 4.69) is 13.2 Å². The number of aliphatic hydroxyl groups excluding tert-OH is 2. The van der Waals surface area contributed by atoms with Crippen LogP contribution in [0.2, 0.25) is 0 Å². The van der Waals surface area contributed by atoms with Crippen LogP contribution in [0.3, 0.4) is 0 Å². The number of benzene rings is 2. The van der Waals surface area contributed by atoms with Gasteiger partial charge in [-0.25, -0.2) is 0 Å². The van der Waals surface area contributed by atoms with Crippen molar-refractivity contribution in [2.45, 2.75) is 37.1 Å². The van der Waals surface area contributed by atoms with Gasteiger partial charge in [0.1, 0.15) is 12.2 Å². The number of rotatable bonds is 8. The summed E-state index contributed by atoms with van der Waals surface area (Å²) in [5, 5.41) is 22.6. The van der Waals surface area contributed by atoms with E-state index in [9.17, 15) is 19.8 Å². The van der Waals surface area contributed by atoms with Gasteiger partial charge in [-0.2, -0.15) is 0 Å². The van der Waals surface area contributed by atoms with Crippen LogP contribution in [0, 0.1) is 0 Å². The lowest BCUT2D eigenvalue weighted by Gasteiger charge is -2.44. The predicted octanol–water partition coefficient (Wildman–Crippen LogP) is 1.97. The first-order valence-corrected chi connectivity index (χ1v) is 10.7. The molecule has 0 spiro atoms. The lowest BCUT2D eigenvalue weighted by Crippen LogP contribution is -2.65. The molecule has 6 heteroatoms. The molecule has 4 unspecified atom stereocenters. The van der Waals surface area contributed by atoms with Crippen molar-refractivity contribution in [1.29, 1.82) is 0 Å². The first kappa shape index (κ1) is 23.4. The molecule has 1 aliphatic heterocycles. The monoisotopic (exact) mass is 434 g/mol. The van der Waals surface area contributed by atoms with Crippen LogP contribution in [0.4, 0.5) is 0 Å². The van der Waals surface area contributed by atoms with Crippen LogP contribution >= 0.6 is 0 Å². The van der Waals surface area contributed by atoms with Crippen molar-refractivity contribution in [2.75, 3.05) is 13.1 Å². The largest absolute Gasteiger partial charge is 0.388 e. The SMILES string of the molecule is C=CCN1C(=O)C(=O)N(CC=C)C(Cc2ccccc2)C(O)C(O)C1Cc1ccccc1. The fourth-order valence-electron chi connectivity index (χ4n) is 4.26. The van der Waals surface area contributed by atoms with E-state index >= 15 is 0 Å². The molecule has 0 radical (unpaired) electrons. The fraction of sp³-hybridized carbons (Fsp3) is 0.308. The lowest BCUT2D eigenvalue weighted by molar-refractivity contribution is -0.165. The minimum Gasteiger partial charge on any atom is -0.388 e. The number of hydrogen-bond acceptors (Lipinski definition) is 4. The topological polar surface area (TPSA) is 81.1 Å². The maximum Gasteiger partial charge on any atom is 0.312 e. The van der Waals surface area contributed by atoms with Crippen LogP contribution in [-0.4, -0.2) is 69.2 Å². The summed E-state index contributed by atoms with van der Waals surface area (Å²) in [5.41, 5.74) is 1.78. The van der Waals surface area contributed by atoms with E-state index < -0.39 is 36.1 Å². The normalized spacial score (nSPS) is 24.1. The summed E-state index contributed by atoms with van der Waals surface area (Å²) in [5.74, 6) is -1.45. The Morgan fingerprint density at radius 2 is 1.03 bits per heavy atom. The fourth-order valence-corrected chi connectivity index (χ4v) is 4.26. The van der Waals surface area contributed by atoms with Crippen molar-refractivity contribution >= 4 is 11.8 Å². The van der Waals surface area contributed by atoms with E-state index in [1.807, 2.05) is 60.7 Å². The molecule has 2 amide bonds. The Bertz CT molecular complexity index is 854. The summed E-state index contributed by atoms with van der Waals surface area (Å²) in [6.07, 6.45) is 1.09. The van der Waals surface area contributed by atoms with E-state index in [-0.39, 0.29) is 13.1 Å². The summed E-state index contributed by atoms with van der Waals surface area (Å²) >= 11 is 0. The molecule has 2 aromatic carbocycles. The Balaban J connectivity index is 2.03. The molecule has 1 fully saturated rings. The van der Waals surface area contributed by atoms with Crippen LogP contribution in [0.15, 0.2) is 86.0 Å². The zero-order chi connectivity index (χ0) is 23.1. The highest BCUT2D eigenvalue weighted by atomic mass is 16.3. The van der Waals surface area contributed by atoms with E-state index in [0.29, 0.717) is 12.8 Å². The average Bonchev–Trinajstić information content (AvgIpc) is 2.82. The average molecular weight is 435 g/mol. The van der Waals surface area contributed by atoms with Gasteiger partial charge in [-0.05, 0) is 24.0 Å². The van der Waals surface area contributed by atoms with Gasteiger partial charge >= 0.3 is 11.8 Å². The first-order chi connectivity index (χ1) is 15.5. The van der Waals surface area contributed by atoms with Crippen LogP contribution in [0.1, 0.15) is 11.1 Å². The van der Waals surface area contributed by atoms with Gasteiger partial charge in [0.2, 0.25) is 0 Å². The second-order valence-electron chi connectivity index (χ2n) is 7.99. The van der Waals surface area contributed by atoms with Gasteiger partial charge in [-0.1, -0.05) is 72.8 Å². The zero-order valence-electron chi connectivity index (χ0n) is 18.1. The van der Waals surface area contributed by atoms with Gasteiger partial charge in [0, 0.05) is 13.1 Å². The first-order valence-electron chi connectivity index (χ1n) is 10.7. The Kier molecular flexibility index (Phi) is 7.98. The molecular formula is C26H30N2O4. The van der Waals surface area contributed by atoms with Gasteiger partial charge in [0.05, 0.1) is 12.1 Å². The van der Waals surface area contributed by atoms with Gasteiger partial charge in [0.15, 0.2) is 0 Å². The van der Waals surface area contributed by atoms with Gasteiger partial charge < -0.3 is 20.0 Å².